The molecule has 1 aromatic heterocycles. The average Bonchev–Trinajstić information content (AvgIpc) is 3.55. The molecule has 10 nitrogen and oxygen atoms in total. The number of nitrogens with zero attached hydrogens (tertiary/aromatic N) is 2. The molecule has 6 rings (SSSR count). The van der Waals surface area contributed by atoms with Gasteiger partial charge in [0.2, 0.25) is 5.91 Å². The predicted molar refractivity (Wildman–Crippen MR) is 159 cm³/mol. The fraction of sp³-hybridized carbons (Fsp3) is 0.394. The number of methoxy groups -OCH3 is 1. The molecule has 1 saturated carbocycles. The maximum Gasteiger partial charge on any atom is 0.410 e. The van der Waals surface area contributed by atoms with Crippen molar-refractivity contribution in [2.24, 2.45) is 5.92 Å². The number of aromatic nitrogens is 1. The average molecular weight is 586 g/mol. The number of nitrogens with one attached hydrogen (secondary N) is 1. The Kier molecular flexibility index (Phi) is 7.92. The summed E-state index contributed by atoms with van der Waals surface area (Å²) in [6.07, 6.45) is 6.52. The SMILES string of the molecule is COc1ccc2c(OC3CC4C(=O)NC5(C(=O)O)CC5C=CCCCCCOC(=O)N4C3)cc(-c3ccccc3)nc2c1. The van der Waals surface area contributed by atoms with E-state index in [0.717, 1.165) is 30.2 Å². The van der Waals surface area contributed by atoms with Gasteiger partial charge in [-0.15, -0.1) is 0 Å². The van der Waals surface area contributed by atoms with Crippen LogP contribution in [0.2, 0.25) is 0 Å². The first-order chi connectivity index (χ1) is 20.9. The molecule has 2 N–H and O–H groups in total. The van der Waals surface area contributed by atoms with Gasteiger partial charge in [-0.3, -0.25) is 9.69 Å². The lowest BCUT2D eigenvalue weighted by molar-refractivity contribution is -0.144. The van der Waals surface area contributed by atoms with Gasteiger partial charge in [0, 0.05) is 35.4 Å². The van der Waals surface area contributed by atoms with Gasteiger partial charge in [-0.25, -0.2) is 14.6 Å². The second-order valence-corrected chi connectivity index (χ2v) is 11.4. The van der Waals surface area contributed by atoms with Crippen molar-refractivity contribution in [2.45, 2.75) is 56.2 Å². The van der Waals surface area contributed by atoms with Gasteiger partial charge in [0.1, 0.15) is 29.2 Å². The molecule has 224 valence electrons. The highest BCUT2D eigenvalue weighted by Crippen LogP contribution is 2.45. The maximum atomic E-state index is 13.6. The smallest absolute Gasteiger partial charge is 0.410 e. The Morgan fingerprint density at radius 3 is 2.74 bits per heavy atom. The zero-order valence-electron chi connectivity index (χ0n) is 24.0. The minimum Gasteiger partial charge on any atom is -0.497 e. The molecule has 2 aliphatic heterocycles. The summed E-state index contributed by atoms with van der Waals surface area (Å²) in [4.78, 5) is 45.3. The van der Waals surface area contributed by atoms with Crippen molar-refractivity contribution < 1.29 is 33.7 Å². The van der Waals surface area contributed by atoms with Crippen LogP contribution in [0.4, 0.5) is 4.79 Å². The van der Waals surface area contributed by atoms with Crippen molar-refractivity contribution in [1.29, 1.82) is 0 Å². The second-order valence-electron chi connectivity index (χ2n) is 11.4. The Morgan fingerprint density at radius 1 is 1.12 bits per heavy atom. The first-order valence-corrected chi connectivity index (χ1v) is 14.7. The summed E-state index contributed by atoms with van der Waals surface area (Å²) in [5.41, 5.74) is 0.924. The standard InChI is InChI=1S/C33H35N3O7/c1-41-23-13-14-25-27(16-23)34-26(21-10-6-5-7-11-21)18-29(25)43-24-17-28-30(37)35-33(31(38)39)19-22(33)12-8-3-2-4-9-15-42-32(40)36(28)20-24/h5-8,10-14,16,18,22,24,28H,2-4,9,15,17,19-20H2,1H3,(H,35,37)(H,38,39). The van der Waals surface area contributed by atoms with E-state index in [1.165, 1.54) is 4.90 Å². The van der Waals surface area contributed by atoms with Crippen molar-refractivity contribution in [2.75, 3.05) is 20.3 Å². The van der Waals surface area contributed by atoms with Crippen LogP contribution in [-0.4, -0.2) is 70.9 Å². The normalized spacial score (nSPS) is 25.9. The summed E-state index contributed by atoms with van der Waals surface area (Å²) in [6.45, 7) is 0.360. The molecule has 1 aliphatic carbocycles. The third kappa shape index (κ3) is 5.86. The van der Waals surface area contributed by atoms with E-state index in [4.69, 9.17) is 19.2 Å². The summed E-state index contributed by atoms with van der Waals surface area (Å²) in [7, 11) is 1.59. The number of rotatable bonds is 5. The number of carboxylic acid groups (broad SMARTS) is 1. The van der Waals surface area contributed by atoms with Crippen LogP contribution in [-0.2, 0) is 14.3 Å². The van der Waals surface area contributed by atoms with Crippen LogP contribution in [0.3, 0.4) is 0 Å². The molecule has 3 heterocycles. The van der Waals surface area contributed by atoms with Crippen LogP contribution < -0.4 is 14.8 Å². The Morgan fingerprint density at radius 2 is 1.95 bits per heavy atom. The highest BCUT2D eigenvalue weighted by molar-refractivity contribution is 5.94. The molecule has 0 bridgehead atoms. The van der Waals surface area contributed by atoms with Crippen molar-refractivity contribution in [1.82, 2.24) is 15.2 Å². The van der Waals surface area contributed by atoms with E-state index in [1.54, 1.807) is 7.11 Å². The number of cyclic esters (lactones) is 1. The number of fused-ring (bicyclic) bond motifs is 3. The molecule has 10 heteroatoms. The van der Waals surface area contributed by atoms with Gasteiger partial charge in [0.15, 0.2) is 0 Å². The van der Waals surface area contributed by atoms with E-state index in [1.807, 2.05) is 66.7 Å². The number of carbonyl (C=O) groups excluding carboxylic acids is 2. The van der Waals surface area contributed by atoms with Crippen LogP contribution >= 0.6 is 0 Å². The van der Waals surface area contributed by atoms with Crippen LogP contribution in [0.5, 0.6) is 11.5 Å². The fourth-order valence-electron chi connectivity index (χ4n) is 5.98. The Balaban J connectivity index is 1.30. The maximum absolute atomic E-state index is 13.6. The summed E-state index contributed by atoms with van der Waals surface area (Å²) >= 11 is 0. The lowest BCUT2D eigenvalue weighted by Gasteiger charge is -2.24. The number of pyridine rings is 1. The van der Waals surface area contributed by atoms with Crippen molar-refractivity contribution >= 4 is 28.9 Å². The van der Waals surface area contributed by atoms with E-state index in [0.29, 0.717) is 35.6 Å². The minimum absolute atomic E-state index is 0.112. The second kappa shape index (κ2) is 11.9. The number of carboxylic acids is 1. The number of carbonyl (C=O) groups is 3. The zero-order valence-corrected chi connectivity index (χ0v) is 24.0. The monoisotopic (exact) mass is 585 g/mol. The van der Waals surface area contributed by atoms with Gasteiger partial charge in [0.25, 0.3) is 0 Å². The van der Waals surface area contributed by atoms with E-state index >= 15 is 0 Å². The van der Waals surface area contributed by atoms with Crippen molar-refractivity contribution in [3.05, 3.63) is 66.7 Å². The molecule has 0 spiro atoms. The molecule has 4 atom stereocenters. The van der Waals surface area contributed by atoms with Gasteiger partial charge in [0.05, 0.1) is 31.5 Å². The molecule has 4 unspecified atom stereocenters. The topological polar surface area (TPSA) is 127 Å². The predicted octanol–water partition coefficient (Wildman–Crippen LogP) is 4.96. The van der Waals surface area contributed by atoms with E-state index in [9.17, 15) is 19.5 Å². The molecule has 3 aliphatic rings. The lowest BCUT2D eigenvalue weighted by atomic mass is 10.1. The summed E-state index contributed by atoms with van der Waals surface area (Å²) in [5, 5.41) is 13.5. The van der Waals surface area contributed by atoms with Crippen molar-refractivity contribution in [3.8, 4) is 22.8 Å². The van der Waals surface area contributed by atoms with Crippen LogP contribution in [0.1, 0.15) is 38.5 Å². The Hall–Kier alpha value is -4.60. The Bertz CT molecular complexity index is 1560. The number of allylic oxidation sites excluding steroid dienone is 1. The third-order valence-corrected chi connectivity index (χ3v) is 8.49. The first kappa shape index (κ1) is 28.5. The van der Waals surface area contributed by atoms with Gasteiger partial charge < -0.3 is 24.6 Å². The van der Waals surface area contributed by atoms with Gasteiger partial charge in [-0.05, 0) is 44.2 Å². The molecular weight excluding hydrogens is 550 g/mol. The molecule has 0 radical (unpaired) electrons. The number of aliphatic carboxylic acids is 1. The summed E-state index contributed by atoms with van der Waals surface area (Å²) in [5.74, 6) is -0.674. The number of hydrogen-bond donors (Lipinski definition) is 2. The molecule has 1 saturated heterocycles. The molecule has 3 aromatic rings. The molecule has 2 amide bonds. The van der Waals surface area contributed by atoms with Crippen LogP contribution in [0, 0.1) is 5.92 Å². The fourth-order valence-corrected chi connectivity index (χ4v) is 5.98. The molecule has 43 heavy (non-hydrogen) atoms. The highest BCUT2D eigenvalue weighted by Gasteiger charge is 2.61. The van der Waals surface area contributed by atoms with Gasteiger partial charge >= 0.3 is 12.1 Å². The summed E-state index contributed by atoms with van der Waals surface area (Å²) < 4.78 is 17.5. The van der Waals surface area contributed by atoms with Crippen molar-refractivity contribution in [3.63, 3.8) is 0 Å². The highest BCUT2D eigenvalue weighted by atomic mass is 16.6. The third-order valence-electron chi connectivity index (χ3n) is 8.49. The van der Waals surface area contributed by atoms with Crippen LogP contribution in [0.25, 0.3) is 22.2 Å². The first-order valence-electron chi connectivity index (χ1n) is 14.7. The molecular formula is C33H35N3O7. The minimum atomic E-state index is -1.37. The summed E-state index contributed by atoms with van der Waals surface area (Å²) in [6, 6.07) is 16.2. The lowest BCUT2D eigenvalue weighted by Crippen LogP contribution is -2.53. The van der Waals surface area contributed by atoms with Gasteiger partial charge in [-0.2, -0.15) is 0 Å². The Labute approximate surface area is 249 Å². The number of amides is 2. The van der Waals surface area contributed by atoms with Crippen LogP contribution in [0.15, 0.2) is 66.7 Å². The number of ether oxygens (including phenoxy) is 3. The molecule has 2 aromatic carbocycles. The van der Waals surface area contributed by atoms with E-state index in [2.05, 4.69) is 5.32 Å². The number of hydrogen-bond acceptors (Lipinski definition) is 7. The largest absolute Gasteiger partial charge is 0.497 e. The molecule has 2 fully saturated rings. The zero-order chi connectivity index (χ0) is 30.0. The van der Waals surface area contributed by atoms with E-state index in [-0.39, 0.29) is 25.5 Å². The number of benzene rings is 2. The quantitative estimate of drug-likeness (QED) is 0.403. The van der Waals surface area contributed by atoms with Gasteiger partial charge in [-0.1, -0.05) is 42.5 Å². The van der Waals surface area contributed by atoms with E-state index < -0.39 is 35.7 Å².